The molecule has 1 aliphatic heterocycles. The Labute approximate surface area is 101 Å². The largest absolute Gasteiger partial charge is 0.391 e. The Balaban J connectivity index is 2.76. The molecule has 1 aliphatic rings. The average Bonchev–Trinajstić information content (AvgIpc) is 2.55. The second kappa shape index (κ2) is 6.09. The maximum Gasteiger partial charge on any atom is 0.208 e. The van der Waals surface area contributed by atoms with Crippen molar-refractivity contribution in [1.29, 1.82) is 5.26 Å². The number of likely N-dealkylation sites (N-methyl/N-ethyl adjacent to an activating group) is 1. The maximum atomic E-state index is 9.69. The molecule has 1 rings (SSSR count). The van der Waals surface area contributed by atoms with Gasteiger partial charge in [-0.05, 0) is 26.8 Å². The molecule has 5 nitrogen and oxygen atoms in total. The molecule has 2 atom stereocenters. The number of aliphatic hydroxyl groups is 1. The smallest absolute Gasteiger partial charge is 0.208 e. The van der Waals surface area contributed by atoms with E-state index in [1.807, 2.05) is 31.4 Å². The highest BCUT2D eigenvalue weighted by Crippen LogP contribution is 2.22. The predicted molar refractivity (Wildman–Crippen MR) is 66.2 cm³/mol. The minimum Gasteiger partial charge on any atom is -0.391 e. The van der Waals surface area contributed by atoms with Gasteiger partial charge in [0.05, 0.1) is 6.10 Å². The van der Waals surface area contributed by atoms with Gasteiger partial charge in [-0.25, -0.2) is 0 Å². The van der Waals surface area contributed by atoms with Gasteiger partial charge in [0.1, 0.15) is 0 Å². The van der Waals surface area contributed by atoms with Crippen LogP contribution >= 0.6 is 11.8 Å². The van der Waals surface area contributed by atoms with Crippen LogP contribution in [0.5, 0.6) is 0 Å². The van der Waals surface area contributed by atoms with E-state index in [1.54, 1.807) is 0 Å². The molecule has 1 heterocycles. The molecule has 0 aromatic rings. The molecule has 16 heavy (non-hydrogen) atoms. The van der Waals surface area contributed by atoms with E-state index in [4.69, 9.17) is 5.26 Å². The first-order valence-electron chi connectivity index (χ1n) is 5.18. The topological polar surface area (TPSA) is 62.9 Å². The van der Waals surface area contributed by atoms with Crippen LogP contribution < -0.4 is 0 Å². The van der Waals surface area contributed by atoms with Crippen molar-refractivity contribution in [3.05, 3.63) is 0 Å². The van der Waals surface area contributed by atoms with Gasteiger partial charge in [0.2, 0.25) is 6.19 Å². The molecule has 0 spiro atoms. The molecular weight excluding hydrogens is 224 g/mol. The lowest BCUT2D eigenvalue weighted by Gasteiger charge is -2.27. The summed E-state index contributed by atoms with van der Waals surface area (Å²) in [4.78, 5) is 7.91. The lowest BCUT2D eigenvalue weighted by Crippen LogP contribution is -2.40. The van der Waals surface area contributed by atoms with Gasteiger partial charge in [-0.1, -0.05) is 11.8 Å². The first-order chi connectivity index (χ1) is 7.58. The lowest BCUT2D eigenvalue weighted by molar-refractivity contribution is 0.187. The number of nitriles is 1. The molecule has 0 bridgehead atoms. The third-order valence-electron chi connectivity index (χ3n) is 2.54. The number of aliphatic imine (C=N–C) groups is 1. The van der Waals surface area contributed by atoms with Gasteiger partial charge < -0.3 is 14.9 Å². The zero-order valence-corrected chi connectivity index (χ0v) is 10.7. The van der Waals surface area contributed by atoms with Gasteiger partial charge in [-0.2, -0.15) is 5.26 Å². The summed E-state index contributed by atoms with van der Waals surface area (Å²) in [6, 6.07) is 0.240. The van der Waals surface area contributed by atoms with Gasteiger partial charge >= 0.3 is 0 Å². The molecule has 1 saturated heterocycles. The number of amidine groups is 1. The maximum absolute atomic E-state index is 9.69. The van der Waals surface area contributed by atoms with Crippen molar-refractivity contribution < 1.29 is 5.11 Å². The van der Waals surface area contributed by atoms with E-state index in [0.717, 1.165) is 13.0 Å². The summed E-state index contributed by atoms with van der Waals surface area (Å²) < 4.78 is 0. The standard InChI is InChI=1S/C10H18N4OS/c1-13(2)5-8-4-9(15)6-14(8)10(16-3)12-7-11/h8-9,15H,4-6H2,1-3H3. The molecule has 90 valence electrons. The monoisotopic (exact) mass is 242 g/mol. The van der Waals surface area contributed by atoms with Crippen LogP contribution in [0.3, 0.4) is 0 Å². The van der Waals surface area contributed by atoms with E-state index in [0.29, 0.717) is 11.7 Å². The molecule has 0 saturated carbocycles. The number of rotatable bonds is 2. The highest BCUT2D eigenvalue weighted by Gasteiger charge is 2.33. The number of hydrogen-bond donors (Lipinski definition) is 1. The van der Waals surface area contributed by atoms with Crippen LogP contribution in [0.25, 0.3) is 0 Å². The minimum atomic E-state index is -0.319. The van der Waals surface area contributed by atoms with E-state index in [1.165, 1.54) is 11.8 Å². The van der Waals surface area contributed by atoms with E-state index in [2.05, 4.69) is 9.89 Å². The summed E-state index contributed by atoms with van der Waals surface area (Å²) in [5.74, 6) is 0. The summed E-state index contributed by atoms with van der Waals surface area (Å²) in [6.07, 6.45) is 4.13. The molecule has 0 aromatic heterocycles. The molecule has 0 aliphatic carbocycles. The van der Waals surface area contributed by atoms with Crippen molar-refractivity contribution in [1.82, 2.24) is 9.80 Å². The Morgan fingerprint density at radius 3 is 2.88 bits per heavy atom. The predicted octanol–water partition coefficient (Wildman–Crippen LogP) is 0.183. The average molecular weight is 242 g/mol. The second-order valence-corrected chi connectivity index (χ2v) is 4.93. The third-order valence-corrected chi connectivity index (χ3v) is 3.23. The lowest BCUT2D eigenvalue weighted by atomic mass is 10.2. The second-order valence-electron chi connectivity index (χ2n) is 4.16. The Bertz CT molecular complexity index is 300. The number of nitrogens with zero attached hydrogens (tertiary/aromatic N) is 4. The van der Waals surface area contributed by atoms with Crippen LogP contribution in [0.1, 0.15) is 6.42 Å². The molecule has 2 unspecified atom stereocenters. The first kappa shape index (κ1) is 13.3. The fraction of sp³-hybridized carbons (Fsp3) is 0.800. The van der Waals surface area contributed by atoms with Gasteiger partial charge in [0.25, 0.3) is 0 Å². The molecule has 0 amide bonds. The van der Waals surface area contributed by atoms with E-state index in [-0.39, 0.29) is 12.1 Å². The Kier molecular flexibility index (Phi) is 5.06. The SMILES string of the molecule is CSC(=NC#N)N1CC(O)CC1CN(C)C. The van der Waals surface area contributed by atoms with Gasteiger partial charge in [0, 0.05) is 19.1 Å². The summed E-state index contributed by atoms with van der Waals surface area (Å²) in [7, 11) is 4.01. The molecule has 0 aromatic carbocycles. The van der Waals surface area contributed by atoms with Crippen molar-refractivity contribution >= 4 is 16.9 Å². The number of β-amino-alcohol motifs (C(OH)–C–C–N with tert-alkyl or cyclic N) is 1. The molecule has 1 fully saturated rings. The van der Waals surface area contributed by atoms with Crippen molar-refractivity contribution in [2.45, 2.75) is 18.6 Å². The van der Waals surface area contributed by atoms with Crippen LogP contribution in [0, 0.1) is 11.5 Å². The van der Waals surface area contributed by atoms with Gasteiger partial charge in [-0.15, -0.1) is 4.99 Å². The van der Waals surface area contributed by atoms with E-state index >= 15 is 0 Å². The Morgan fingerprint density at radius 1 is 1.69 bits per heavy atom. The van der Waals surface area contributed by atoms with Crippen LogP contribution in [0.4, 0.5) is 0 Å². The van der Waals surface area contributed by atoms with Gasteiger partial charge in [-0.3, -0.25) is 0 Å². The number of likely N-dealkylation sites (tertiary alicyclic amines) is 1. The number of hydrogen-bond acceptors (Lipinski definition) is 5. The highest BCUT2D eigenvalue weighted by atomic mass is 32.2. The van der Waals surface area contributed by atoms with Crippen molar-refractivity contribution in [2.75, 3.05) is 33.4 Å². The highest BCUT2D eigenvalue weighted by molar-refractivity contribution is 8.13. The zero-order chi connectivity index (χ0) is 12.1. The fourth-order valence-corrected chi connectivity index (χ4v) is 2.58. The van der Waals surface area contributed by atoms with Crippen LogP contribution in [-0.2, 0) is 0 Å². The first-order valence-corrected chi connectivity index (χ1v) is 6.41. The Morgan fingerprint density at radius 2 is 2.38 bits per heavy atom. The van der Waals surface area contributed by atoms with Gasteiger partial charge in [0.15, 0.2) is 5.17 Å². The normalized spacial score (nSPS) is 26.2. The summed E-state index contributed by atoms with van der Waals surface area (Å²) in [5, 5.41) is 19.0. The van der Waals surface area contributed by atoms with Crippen molar-refractivity contribution in [3.63, 3.8) is 0 Å². The van der Waals surface area contributed by atoms with Crippen LogP contribution in [0.15, 0.2) is 4.99 Å². The summed E-state index contributed by atoms with van der Waals surface area (Å²) in [6.45, 7) is 1.43. The molecular formula is C10H18N4OS. The number of aliphatic hydroxyl groups excluding tert-OH is 1. The van der Waals surface area contributed by atoms with Crippen LogP contribution in [0.2, 0.25) is 0 Å². The number of thioether (sulfide) groups is 1. The Hall–Kier alpha value is -0.770. The fourth-order valence-electron chi connectivity index (χ4n) is 1.99. The van der Waals surface area contributed by atoms with E-state index in [9.17, 15) is 5.11 Å². The van der Waals surface area contributed by atoms with Crippen molar-refractivity contribution in [3.8, 4) is 6.19 Å². The minimum absolute atomic E-state index is 0.240. The zero-order valence-electron chi connectivity index (χ0n) is 9.92. The summed E-state index contributed by atoms with van der Waals surface area (Å²) >= 11 is 1.45. The molecule has 6 heteroatoms. The van der Waals surface area contributed by atoms with Crippen molar-refractivity contribution in [2.24, 2.45) is 4.99 Å². The molecule has 1 N–H and O–H groups in total. The van der Waals surface area contributed by atoms with Crippen LogP contribution in [-0.4, -0.2) is 65.7 Å². The van der Waals surface area contributed by atoms with E-state index < -0.39 is 0 Å². The third kappa shape index (κ3) is 3.37. The molecule has 0 radical (unpaired) electrons. The quantitative estimate of drug-likeness (QED) is 0.425. The summed E-state index contributed by atoms with van der Waals surface area (Å²) in [5.41, 5.74) is 0.